The molecule has 0 unspecified atom stereocenters. The molecule has 6 heteroatoms. The number of carbonyl (C=O) groups is 1. The van der Waals surface area contributed by atoms with Crippen molar-refractivity contribution in [2.24, 2.45) is 0 Å². The van der Waals surface area contributed by atoms with E-state index >= 15 is 0 Å². The highest BCUT2D eigenvalue weighted by Gasteiger charge is 2.13. The number of thiophene rings is 1. The Morgan fingerprint density at radius 2 is 2.00 bits per heavy atom. The molecule has 1 aliphatic rings. The van der Waals surface area contributed by atoms with E-state index in [1.165, 1.54) is 11.3 Å². The molecule has 0 spiro atoms. The lowest BCUT2D eigenvalue weighted by Gasteiger charge is -2.05. The summed E-state index contributed by atoms with van der Waals surface area (Å²) in [6.45, 7) is 0.923. The Balaban J connectivity index is 1.61. The van der Waals surface area contributed by atoms with Crippen LogP contribution in [0.15, 0.2) is 30.3 Å². The number of carboxylic acids is 1. The summed E-state index contributed by atoms with van der Waals surface area (Å²) in [5, 5.41) is 12.0. The van der Waals surface area contributed by atoms with Crippen molar-refractivity contribution >= 4 is 23.0 Å². The van der Waals surface area contributed by atoms with Crippen LogP contribution in [0.5, 0.6) is 11.5 Å². The Labute approximate surface area is 119 Å². The fourth-order valence-electron chi connectivity index (χ4n) is 1.96. The fourth-order valence-corrected chi connectivity index (χ4v) is 2.91. The Bertz CT molecular complexity index is 638. The van der Waals surface area contributed by atoms with Crippen LogP contribution in [0.2, 0.25) is 0 Å². The van der Waals surface area contributed by atoms with Crippen LogP contribution in [0.3, 0.4) is 0 Å². The summed E-state index contributed by atoms with van der Waals surface area (Å²) >= 11 is 1.51. The molecule has 2 N–H and O–H groups in total. The van der Waals surface area contributed by atoms with Gasteiger partial charge in [-0.15, -0.1) is 11.3 Å². The van der Waals surface area contributed by atoms with Gasteiger partial charge < -0.3 is 19.9 Å². The molecular weight excluding hydrogens is 278 g/mol. The molecule has 0 radical (unpaired) electrons. The highest BCUT2D eigenvalue weighted by atomic mass is 32.1. The number of carboxylic acid groups (broad SMARTS) is 1. The number of anilines is 1. The van der Waals surface area contributed by atoms with Crippen molar-refractivity contribution in [2.75, 3.05) is 12.1 Å². The third-order valence-corrected chi connectivity index (χ3v) is 3.97. The van der Waals surface area contributed by atoms with Gasteiger partial charge in [-0.2, -0.15) is 0 Å². The van der Waals surface area contributed by atoms with Crippen LogP contribution >= 0.6 is 11.3 Å². The van der Waals surface area contributed by atoms with Crippen molar-refractivity contribution in [3.63, 3.8) is 0 Å². The van der Waals surface area contributed by atoms with Gasteiger partial charge in [0.15, 0.2) is 11.5 Å². The molecule has 0 amide bonds. The van der Waals surface area contributed by atoms with Crippen LogP contribution < -0.4 is 14.8 Å². The smallest absolute Gasteiger partial charge is 0.308 e. The maximum absolute atomic E-state index is 10.6. The zero-order valence-corrected chi connectivity index (χ0v) is 11.4. The maximum atomic E-state index is 10.6. The lowest BCUT2D eigenvalue weighted by molar-refractivity contribution is -0.136. The average Bonchev–Trinajstić information content (AvgIpc) is 3.03. The van der Waals surface area contributed by atoms with Crippen molar-refractivity contribution in [1.29, 1.82) is 0 Å². The Hall–Kier alpha value is -2.21. The molecule has 3 rings (SSSR count). The minimum atomic E-state index is -0.804. The van der Waals surface area contributed by atoms with E-state index in [-0.39, 0.29) is 13.2 Å². The van der Waals surface area contributed by atoms with Crippen LogP contribution in [0.1, 0.15) is 9.75 Å². The van der Waals surface area contributed by atoms with Gasteiger partial charge >= 0.3 is 5.97 Å². The molecule has 1 aromatic heterocycles. The third-order valence-electron chi connectivity index (χ3n) is 2.88. The SMILES string of the molecule is O=C(O)Cc1ccc(CNc2ccc3c(c2)OCO3)s1. The summed E-state index contributed by atoms with van der Waals surface area (Å²) in [5.41, 5.74) is 0.947. The molecule has 0 aliphatic carbocycles. The topological polar surface area (TPSA) is 67.8 Å². The summed E-state index contributed by atoms with van der Waals surface area (Å²) in [5.74, 6) is 0.699. The van der Waals surface area contributed by atoms with E-state index in [0.29, 0.717) is 6.54 Å². The van der Waals surface area contributed by atoms with Gasteiger partial charge in [-0.3, -0.25) is 4.79 Å². The summed E-state index contributed by atoms with van der Waals surface area (Å²) in [7, 11) is 0. The summed E-state index contributed by atoms with van der Waals surface area (Å²) in [6.07, 6.45) is 0.0781. The van der Waals surface area contributed by atoms with Gasteiger partial charge in [0.05, 0.1) is 6.42 Å². The Morgan fingerprint density at radius 3 is 2.85 bits per heavy atom. The molecule has 104 valence electrons. The predicted molar refractivity (Wildman–Crippen MR) is 75.6 cm³/mol. The number of rotatable bonds is 5. The monoisotopic (exact) mass is 291 g/mol. The average molecular weight is 291 g/mol. The van der Waals surface area contributed by atoms with Gasteiger partial charge in [-0.1, -0.05) is 0 Å². The molecule has 0 saturated heterocycles. The molecule has 1 aromatic carbocycles. The zero-order chi connectivity index (χ0) is 13.9. The molecule has 2 aromatic rings. The first-order chi connectivity index (χ1) is 9.70. The largest absolute Gasteiger partial charge is 0.481 e. The first-order valence-corrected chi connectivity index (χ1v) is 6.95. The van der Waals surface area contributed by atoms with Gasteiger partial charge in [0.25, 0.3) is 0 Å². The van der Waals surface area contributed by atoms with Gasteiger partial charge in [-0.05, 0) is 24.3 Å². The predicted octanol–water partition coefficient (Wildman–Crippen LogP) is 2.72. The molecule has 0 bridgehead atoms. The van der Waals surface area contributed by atoms with Gasteiger partial charge in [0.2, 0.25) is 6.79 Å². The van der Waals surface area contributed by atoms with Crippen LogP contribution in [0.4, 0.5) is 5.69 Å². The van der Waals surface area contributed by atoms with E-state index in [1.54, 1.807) is 0 Å². The van der Waals surface area contributed by atoms with E-state index in [0.717, 1.165) is 26.9 Å². The second-order valence-corrected chi connectivity index (χ2v) is 5.61. The minimum absolute atomic E-state index is 0.0781. The van der Waals surface area contributed by atoms with Gasteiger partial charge in [0.1, 0.15) is 0 Å². The van der Waals surface area contributed by atoms with E-state index in [4.69, 9.17) is 14.6 Å². The highest BCUT2D eigenvalue weighted by Crippen LogP contribution is 2.34. The summed E-state index contributed by atoms with van der Waals surface area (Å²) in [4.78, 5) is 12.6. The number of ether oxygens (including phenoxy) is 2. The molecular formula is C14H13NO4S. The first kappa shape index (κ1) is 12.8. The third kappa shape index (κ3) is 2.85. The Morgan fingerprint density at radius 1 is 1.20 bits per heavy atom. The lowest BCUT2D eigenvalue weighted by Crippen LogP contribution is -1.98. The van der Waals surface area contributed by atoms with Crippen molar-refractivity contribution < 1.29 is 19.4 Å². The lowest BCUT2D eigenvalue weighted by atomic mass is 10.2. The number of fused-ring (bicyclic) bond motifs is 1. The second-order valence-electron chi connectivity index (χ2n) is 4.36. The van der Waals surface area contributed by atoms with Crippen molar-refractivity contribution in [3.05, 3.63) is 40.1 Å². The van der Waals surface area contributed by atoms with Crippen molar-refractivity contribution in [3.8, 4) is 11.5 Å². The number of benzene rings is 1. The maximum Gasteiger partial charge on any atom is 0.308 e. The zero-order valence-electron chi connectivity index (χ0n) is 10.6. The molecule has 0 fully saturated rings. The van der Waals surface area contributed by atoms with Crippen LogP contribution in [-0.4, -0.2) is 17.9 Å². The molecule has 2 heterocycles. The van der Waals surface area contributed by atoms with E-state index in [9.17, 15) is 4.79 Å². The first-order valence-electron chi connectivity index (χ1n) is 6.13. The number of hydrogen-bond donors (Lipinski definition) is 2. The summed E-state index contributed by atoms with van der Waals surface area (Å²) in [6, 6.07) is 9.50. The van der Waals surface area contributed by atoms with Crippen LogP contribution in [0, 0.1) is 0 Å². The minimum Gasteiger partial charge on any atom is -0.481 e. The van der Waals surface area contributed by atoms with Crippen LogP contribution in [-0.2, 0) is 17.8 Å². The normalized spacial score (nSPS) is 12.4. The number of aliphatic carboxylic acids is 1. The molecule has 0 saturated carbocycles. The standard InChI is InChI=1S/C14H13NO4S/c16-14(17)6-10-2-3-11(20-10)7-15-9-1-4-12-13(5-9)19-8-18-12/h1-5,15H,6-8H2,(H,16,17). The second kappa shape index (κ2) is 5.42. The Kier molecular flexibility index (Phi) is 3.47. The van der Waals surface area contributed by atoms with Crippen LogP contribution in [0.25, 0.3) is 0 Å². The van der Waals surface area contributed by atoms with Gasteiger partial charge in [-0.25, -0.2) is 0 Å². The van der Waals surface area contributed by atoms with E-state index in [1.807, 2.05) is 30.3 Å². The molecule has 0 atom stereocenters. The van der Waals surface area contributed by atoms with E-state index in [2.05, 4.69) is 5.32 Å². The molecule has 1 aliphatic heterocycles. The highest BCUT2D eigenvalue weighted by molar-refractivity contribution is 7.12. The molecule has 5 nitrogen and oxygen atoms in total. The molecule has 20 heavy (non-hydrogen) atoms. The quantitative estimate of drug-likeness (QED) is 0.886. The summed E-state index contributed by atoms with van der Waals surface area (Å²) < 4.78 is 10.6. The number of nitrogens with one attached hydrogen (secondary N) is 1. The van der Waals surface area contributed by atoms with Crippen molar-refractivity contribution in [2.45, 2.75) is 13.0 Å². The number of hydrogen-bond acceptors (Lipinski definition) is 5. The fraction of sp³-hybridized carbons (Fsp3) is 0.214. The van der Waals surface area contributed by atoms with E-state index < -0.39 is 5.97 Å². The van der Waals surface area contributed by atoms with Gasteiger partial charge in [0, 0.05) is 28.1 Å². The van der Waals surface area contributed by atoms with Crippen molar-refractivity contribution in [1.82, 2.24) is 0 Å².